The lowest BCUT2D eigenvalue weighted by Gasteiger charge is -2.35. The minimum Gasteiger partial charge on any atom is -0.348 e. The molecule has 156 valence electrons. The van der Waals surface area contributed by atoms with Crippen molar-refractivity contribution in [3.8, 4) is 10.6 Å². The van der Waals surface area contributed by atoms with Gasteiger partial charge in [-0.05, 0) is 32.6 Å². The van der Waals surface area contributed by atoms with Crippen LogP contribution in [-0.4, -0.2) is 50.6 Å². The summed E-state index contributed by atoms with van der Waals surface area (Å²) in [5.74, 6) is 0.488. The third-order valence-corrected chi connectivity index (χ3v) is 7.26. The van der Waals surface area contributed by atoms with Crippen LogP contribution in [0.15, 0.2) is 12.4 Å². The van der Waals surface area contributed by atoms with Gasteiger partial charge in [-0.3, -0.25) is 14.3 Å². The first-order valence-electron chi connectivity index (χ1n) is 10.6. The number of likely N-dealkylation sites (tertiary alicyclic amines) is 1. The van der Waals surface area contributed by atoms with Crippen LogP contribution in [0.25, 0.3) is 10.6 Å². The van der Waals surface area contributed by atoms with Crippen molar-refractivity contribution in [3.05, 3.63) is 23.0 Å². The first-order chi connectivity index (χ1) is 14.0. The fraction of sp³-hybridized carbons (Fsp3) is 0.619. The molecule has 1 aliphatic carbocycles. The Morgan fingerprint density at radius 1 is 1.14 bits per heavy atom. The van der Waals surface area contributed by atoms with Crippen LogP contribution < -0.4 is 5.32 Å². The van der Waals surface area contributed by atoms with Crippen LogP contribution in [0, 0.1) is 12.8 Å². The van der Waals surface area contributed by atoms with Crippen molar-refractivity contribution >= 4 is 23.2 Å². The fourth-order valence-electron chi connectivity index (χ4n) is 4.37. The number of thiazole rings is 1. The third kappa shape index (κ3) is 4.52. The van der Waals surface area contributed by atoms with Gasteiger partial charge in [0.15, 0.2) is 0 Å². The molecule has 1 saturated carbocycles. The highest BCUT2D eigenvalue weighted by molar-refractivity contribution is 7.17. The van der Waals surface area contributed by atoms with Gasteiger partial charge in [0.25, 0.3) is 5.91 Å². The van der Waals surface area contributed by atoms with Crippen molar-refractivity contribution in [2.24, 2.45) is 13.0 Å². The molecule has 0 bridgehead atoms. The molecule has 8 heteroatoms. The molecule has 0 aromatic carbocycles. The van der Waals surface area contributed by atoms with Gasteiger partial charge < -0.3 is 10.2 Å². The van der Waals surface area contributed by atoms with E-state index in [-0.39, 0.29) is 17.9 Å². The predicted octanol–water partition coefficient (Wildman–Crippen LogP) is 3.15. The van der Waals surface area contributed by atoms with Crippen molar-refractivity contribution in [3.63, 3.8) is 0 Å². The largest absolute Gasteiger partial charge is 0.348 e. The van der Waals surface area contributed by atoms with E-state index >= 15 is 0 Å². The molecule has 1 saturated heterocycles. The lowest BCUT2D eigenvalue weighted by atomic mass is 9.87. The normalized spacial score (nSPS) is 18.8. The van der Waals surface area contributed by atoms with Crippen LogP contribution in [0.1, 0.15) is 60.3 Å². The number of hydrogen-bond donors (Lipinski definition) is 1. The maximum atomic E-state index is 12.8. The van der Waals surface area contributed by atoms with Crippen LogP contribution in [0.5, 0.6) is 0 Å². The van der Waals surface area contributed by atoms with Crippen molar-refractivity contribution < 1.29 is 9.59 Å². The van der Waals surface area contributed by atoms with Gasteiger partial charge in [0.2, 0.25) is 5.91 Å². The zero-order chi connectivity index (χ0) is 20.4. The Bertz CT molecular complexity index is 876. The Kier molecular flexibility index (Phi) is 5.99. The SMILES string of the molecule is Cc1nc(-c2cnn(C)c2)sc1C(=O)NC1CCN(C(=O)C2CCCCC2)CC1. The highest BCUT2D eigenvalue weighted by atomic mass is 32.1. The van der Waals surface area contributed by atoms with Gasteiger partial charge in [0, 0.05) is 43.9 Å². The number of piperidine rings is 1. The highest BCUT2D eigenvalue weighted by Crippen LogP contribution is 2.29. The molecule has 2 aromatic rings. The summed E-state index contributed by atoms with van der Waals surface area (Å²) in [4.78, 5) is 32.7. The summed E-state index contributed by atoms with van der Waals surface area (Å²) in [7, 11) is 1.86. The second-order valence-electron chi connectivity index (χ2n) is 8.24. The minimum atomic E-state index is -0.0628. The van der Waals surface area contributed by atoms with E-state index < -0.39 is 0 Å². The molecule has 4 rings (SSSR count). The summed E-state index contributed by atoms with van der Waals surface area (Å²) in [6.07, 6.45) is 11.0. The van der Waals surface area contributed by atoms with E-state index in [0.717, 1.165) is 55.0 Å². The van der Waals surface area contributed by atoms with E-state index in [4.69, 9.17) is 0 Å². The molecule has 0 spiro atoms. The minimum absolute atomic E-state index is 0.0628. The van der Waals surface area contributed by atoms with E-state index in [2.05, 4.69) is 15.4 Å². The van der Waals surface area contributed by atoms with Gasteiger partial charge in [-0.2, -0.15) is 5.10 Å². The summed E-state index contributed by atoms with van der Waals surface area (Å²) < 4.78 is 1.73. The van der Waals surface area contributed by atoms with Crippen molar-refractivity contribution in [1.29, 1.82) is 0 Å². The van der Waals surface area contributed by atoms with Gasteiger partial charge >= 0.3 is 0 Å². The lowest BCUT2D eigenvalue weighted by Crippen LogP contribution is -2.48. The topological polar surface area (TPSA) is 80.1 Å². The fourth-order valence-corrected chi connectivity index (χ4v) is 5.31. The summed E-state index contributed by atoms with van der Waals surface area (Å²) in [5, 5.41) is 8.15. The van der Waals surface area contributed by atoms with E-state index in [0.29, 0.717) is 10.8 Å². The number of carbonyl (C=O) groups is 2. The predicted molar refractivity (Wildman–Crippen MR) is 113 cm³/mol. The van der Waals surface area contributed by atoms with Crippen LogP contribution in [0.3, 0.4) is 0 Å². The maximum Gasteiger partial charge on any atom is 0.263 e. The van der Waals surface area contributed by atoms with Gasteiger partial charge in [0.1, 0.15) is 9.88 Å². The number of nitrogens with zero attached hydrogens (tertiary/aromatic N) is 4. The Morgan fingerprint density at radius 3 is 2.52 bits per heavy atom. The number of carbonyl (C=O) groups excluding carboxylic acids is 2. The Morgan fingerprint density at radius 2 is 1.86 bits per heavy atom. The first kappa shape index (κ1) is 20.1. The van der Waals surface area contributed by atoms with E-state index in [1.54, 1.807) is 10.9 Å². The molecule has 1 N–H and O–H groups in total. The molecule has 3 heterocycles. The lowest BCUT2D eigenvalue weighted by molar-refractivity contribution is -0.137. The third-order valence-electron chi connectivity index (χ3n) is 6.05. The van der Waals surface area contributed by atoms with Crippen LogP contribution >= 0.6 is 11.3 Å². The van der Waals surface area contributed by atoms with E-state index in [1.165, 1.54) is 30.6 Å². The van der Waals surface area contributed by atoms with Crippen LogP contribution in [0.2, 0.25) is 0 Å². The quantitative estimate of drug-likeness (QED) is 0.832. The molecule has 29 heavy (non-hydrogen) atoms. The van der Waals surface area contributed by atoms with Crippen molar-refractivity contribution in [2.45, 2.75) is 57.9 Å². The number of aryl methyl sites for hydroxylation is 2. The molecule has 2 fully saturated rings. The Hall–Kier alpha value is -2.22. The van der Waals surface area contributed by atoms with Crippen LogP contribution in [-0.2, 0) is 11.8 Å². The number of rotatable bonds is 4. The molecule has 2 aromatic heterocycles. The molecule has 1 aliphatic heterocycles. The van der Waals surface area contributed by atoms with Gasteiger partial charge in [0.05, 0.1) is 11.9 Å². The molecule has 2 amide bonds. The second-order valence-corrected chi connectivity index (χ2v) is 9.24. The Balaban J connectivity index is 1.32. The molecule has 0 radical (unpaired) electrons. The average Bonchev–Trinajstić information content (AvgIpc) is 3.34. The van der Waals surface area contributed by atoms with Crippen LogP contribution in [0.4, 0.5) is 0 Å². The summed E-state index contributed by atoms with van der Waals surface area (Å²) in [5.41, 5.74) is 1.67. The summed E-state index contributed by atoms with van der Waals surface area (Å²) >= 11 is 1.41. The standard InChI is InChI=1S/C21H29N5O2S/c1-14-18(29-20(23-14)16-12-22-25(2)13-16)19(27)24-17-8-10-26(11-9-17)21(28)15-6-4-3-5-7-15/h12-13,15,17H,3-11H2,1-2H3,(H,24,27). The first-order valence-corrected chi connectivity index (χ1v) is 11.4. The van der Waals surface area contributed by atoms with Crippen molar-refractivity contribution in [1.82, 2.24) is 25.0 Å². The maximum absolute atomic E-state index is 12.8. The smallest absolute Gasteiger partial charge is 0.263 e. The zero-order valence-electron chi connectivity index (χ0n) is 17.2. The highest BCUT2D eigenvalue weighted by Gasteiger charge is 2.30. The molecule has 0 atom stereocenters. The molecular weight excluding hydrogens is 386 g/mol. The van der Waals surface area contributed by atoms with Crippen molar-refractivity contribution in [2.75, 3.05) is 13.1 Å². The average molecular weight is 416 g/mol. The summed E-state index contributed by atoms with van der Waals surface area (Å²) in [6, 6.07) is 0.112. The van der Waals surface area contributed by atoms with Gasteiger partial charge in [-0.25, -0.2) is 4.98 Å². The van der Waals surface area contributed by atoms with Gasteiger partial charge in [-0.1, -0.05) is 19.3 Å². The number of aromatic nitrogens is 3. The van der Waals surface area contributed by atoms with E-state index in [9.17, 15) is 9.59 Å². The summed E-state index contributed by atoms with van der Waals surface area (Å²) in [6.45, 7) is 3.35. The molecule has 7 nitrogen and oxygen atoms in total. The van der Waals surface area contributed by atoms with E-state index in [1.807, 2.05) is 25.1 Å². The second kappa shape index (κ2) is 8.65. The van der Waals surface area contributed by atoms with Gasteiger partial charge in [-0.15, -0.1) is 11.3 Å². The molecular formula is C21H29N5O2S. The number of nitrogens with one attached hydrogen (secondary N) is 1. The molecule has 0 unspecified atom stereocenters. The monoisotopic (exact) mass is 415 g/mol. The number of hydrogen-bond acceptors (Lipinski definition) is 5. The zero-order valence-corrected chi connectivity index (χ0v) is 18.0. The Labute approximate surface area is 175 Å². The molecule has 2 aliphatic rings. The number of amides is 2.